The van der Waals surface area contributed by atoms with Gasteiger partial charge in [-0.3, -0.25) is 4.79 Å². The maximum Gasteiger partial charge on any atom is 0.234 e. The summed E-state index contributed by atoms with van der Waals surface area (Å²) in [5, 5.41) is 12.3. The maximum atomic E-state index is 12.3. The van der Waals surface area contributed by atoms with Crippen LogP contribution in [0.25, 0.3) is 11.4 Å². The first-order valence-corrected chi connectivity index (χ1v) is 10.5. The zero-order chi connectivity index (χ0) is 19.2. The number of rotatable bonds is 7. The van der Waals surface area contributed by atoms with E-state index in [1.165, 1.54) is 11.8 Å². The van der Waals surface area contributed by atoms with Crippen LogP contribution in [0.3, 0.4) is 0 Å². The predicted octanol–water partition coefficient (Wildman–Crippen LogP) is 5.16. The summed E-state index contributed by atoms with van der Waals surface area (Å²) < 4.78 is 3.10. The molecule has 3 aromatic rings. The van der Waals surface area contributed by atoms with E-state index in [1.807, 2.05) is 55.5 Å². The topological polar surface area (TPSA) is 59.8 Å². The minimum Gasteiger partial charge on any atom is -0.325 e. The van der Waals surface area contributed by atoms with E-state index in [0.29, 0.717) is 0 Å². The van der Waals surface area contributed by atoms with Crippen LogP contribution in [0, 0.1) is 6.92 Å². The molecule has 2 aromatic carbocycles. The van der Waals surface area contributed by atoms with E-state index in [2.05, 4.69) is 42.9 Å². The van der Waals surface area contributed by atoms with Crippen LogP contribution in [0.1, 0.15) is 18.9 Å². The number of hydrogen-bond donors (Lipinski definition) is 1. The lowest BCUT2D eigenvalue weighted by atomic mass is 10.2. The van der Waals surface area contributed by atoms with Crippen LogP contribution in [0.4, 0.5) is 5.69 Å². The molecule has 0 atom stereocenters. The van der Waals surface area contributed by atoms with E-state index < -0.39 is 0 Å². The lowest BCUT2D eigenvalue weighted by Gasteiger charge is -2.09. The number of aromatic nitrogens is 3. The number of halogens is 1. The molecule has 0 saturated carbocycles. The highest BCUT2D eigenvalue weighted by Gasteiger charge is 2.15. The quantitative estimate of drug-likeness (QED) is 0.511. The second kappa shape index (κ2) is 9.19. The van der Waals surface area contributed by atoms with Crippen molar-refractivity contribution in [2.24, 2.45) is 0 Å². The summed E-state index contributed by atoms with van der Waals surface area (Å²) in [6.45, 7) is 4.92. The summed E-state index contributed by atoms with van der Waals surface area (Å²) in [6.07, 6.45) is 0.968. The molecule has 0 unspecified atom stereocenters. The molecular formula is C20H21BrN4OS. The van der Waals surface area contributed by atoms with E-state index in [0.717, 1.165) is 45.2 Å². The van der Waals surface area contributed by atoms with Crippen molar-refractivity contribution in [3.8, 4) is 11.4 Å². The second-order valence-corrected chi connectivity index (χ2v) is 7.92. The molecule has 3 rings (SSSR count). The van der Waals surface area contributed by atoms with E-state index in [4.69, 9.17) is 0 Å². The first-order valence-electron chi connectivity index (χ1n) is 8.76. The van der Waals surface area contributed by atoms with Crippen molar-refractivity contribution in [3.05, 3.63) is 58.6 Å². The van der Waals surface area contributed by atoms with Crippen LogP contribution in [0.15, 0.2) is 58.2 Å². The van der Waals surface area contributed by atoms with Gasteiger partial charge < -0.3 is 9.88 Å². The largest absolute Gasteiger partial charge is 0.325 e. The van der Waals surface area contributed by atoms with Crippen LogP contribution in [-0.4, -0.2) is 26.4 Å². The highest BCUT2D eigenvalue weighted by atomic mass is 79.9. The monoisotopic (exact) mass is 444 g/mol. The van der Waals surface area contributed by atoms with Gasteiger partial charge in [0.2, 0.25) is 5.91 Å². The zero-order valence-corrected chi connectivity index (χ0v) is 17.7. The Morgan fingerprint density at radius 1 is 1.19 bits per heavy atom. The molecule has 1 N–H and O–H groups in total. The molecule has 5 nitrogen and oxygen atoms in total. The van der Waals surface area contributed by atoms with E-state index in [1.54, 1.807) is 0 Å². The van der Waals surface area contributed by atoms with Gasteiger partial charge in [-0.05, 0) is 37.1 Å². The van der Waals surface area contributed by atoms with Gasteiger partial charge in [0.05, 0.1) is 5.75 Å². The van der Waals surface area contributed by atoms with Crippen LogP contribution >= 0.6 is 27.7 Å². The highest BCUT2D eigenvalue weighted by Crippen LogP contribution is 2.25. The van der Waals surface area contributed by atoms with Crippen LogP contribution in [-0.2, 0) is 11.3 Å². The first-order chi connectivity index (χ1) is 13.1. The molecule has 0 aliphatic rings. The molecule has 1 amide bonds. The highest BCUT2D eigenvalue weighted by molar-refractivity contribution is 9.10. The standard InChI is InChI=1S/C20H21BrN4OS/c1-3-11-25-19(15-7-5-4-6-8-15)23-24-20(25)27-13-18(26)22-16-9-10-17(21)14(2)12-16/h4-10,12H,3,11,13H2,1-2H3,(H,22,26). The Morgan fingerprint density at radius 2 is 1.96 bits per heavy atom. The third kappa shape index (κ3) is 4.99. The molecule has 0 bridgehead atoms. The Labute approximate surface area is 171 Å². The van der Waals surface area contributed by atoms with Gasteiger partial charge in [0.1, 0.15) is 0 Å². The molecule has 1 aromatic heterocycles. The number of carbonyl (C=O) groups is 1. The molecule has 140 valence electrons. The minimum absolute atomic E-state index is 0.0611. The third-order valence-electron chi connectivity index (χ3n) is 3.97. The molecule has 0 spiro atoms. The zero-order valence-electron chi connectivity index (χ0n) is 15.3. The summed E-state index contributed by atoms with van der Waals surface area (Å²) in [5.41, 5.74) is 2.90. The van der Waals surface area contributed by atoms with Gasteiger partial charge in [0, 0.05) is 22.3 Å². The fourth-order valence-corrected chi connectivity index (χ4v) is 3.68. The normalized spacial score (nSPS) is 10.8. The molecule has 1 heterocycles. The summed E-state index contributed by atoms with van der Waals surface area (Å²) in [5.74, 6) is 1.06. The molecule has 0 saturated heterocycles. The van der Waals surface area contributed by atoms with Crippen molar-refractivity contribution in [1.82, 2.24) is 14.8 Å². The fourth-order valence-electron chi connectivity index (χ4n) is 2.67. The van der Waals surface area contributed by atoms with Crippen molar-refractivity contribution >= 4 is 39.3 Å². The number of benzene rings is 2. The number of anilines is 1. The van der Waals surface area contributed by atoms with Crippen molar-refractivity contribution < 1.29 is 4.79 Å². The van der Waals surface area contributed by atoms with Gasteiger partial charge in [-0.1, -0.05) is 64.9 Å². The van der Waals surface area contributed by atoms with E-state index in [-0.39, 0.29) is 11.7 Å². The van der Waals surface area contributed by atoms with E-state index >= 15 is 0 Å². The SMILES string of the molecule is CCCn1c(SCC(=O)Nc2ccc(Br)c(C)c2)nnc1-c1ccccc1. The maximum absolute atomic E-state index is 12.3. The molecular weight excluding hydrogens is 424 g/mol. The number of nitrogens with one attached hydrogen (secondary N) is 1. The Bertz CT molecular complexity index is 927. The minimum atomic E-state index is -0.0611. The molecule has 0 radical (unpaired) electrons. The average molecular weight is 445 g/mol. The Kier molecular flexibility index (Phi) is 6.68. The number of thioether (sulfide) groups is 1. The summed E-state index contributed by atoms with van der Waals surface area (Å²) >= 11 is 4.87. The molecule has 0 fully saturated rings. The first kappa shape index (κ1) is 19.6. The van der Waals surface area contributed by atoms with Gasteiger partial charge in [-0.15, -0.1) is 10.2 Å². The fraction of sp³-hybridized carbons (Fsp3) is 0.250. The Morgan fingerprint density at radius 3 is 2.67 bits per heavy atom. The van der Waals surface area contributed by atoms with Crippen LogP contribution < -0.4 is 5.32 Å². The molecule has 7 heteroatoms. The van der Waals surface area contributed by atoms with Crippen LogP contribution in [0.5, 0.6) is 0 Å². The summed E-state index contributed by atoms with van der Waals surface area (Å²) in [7, 11) is 0. The summed E-state index contributed by atoms with van der Waals surface area (Å²) in [4.78, 5) is 12.3. The Hall–Kier alpha value is -2.12. The van der Waals surface area contributed by atoms with Gasteiger partial charge in [0.15, 0.2) is 11.0 Å². The van der Waals surface area contributed by atoms with Crippen molar-refractivity contribution in [2.45, 2.75) is 32.0 Å². The Balaban J connectivity index is 1.69. The van der Waals surface area contributed by atoms with Gasteiger partial charge in [-0.25, -0.2) is 0 Å². The molecule has 0 aliphatic heterocycles. The molecule has 27 heavy (non-hydrogen) atoms. The van der Waals surface area contributed by atoms with Gasteiger partial charge >= 0.3 is 0 Å². The number of aryl methyl sites for hydroxylation is 1. The second-order valence-electron chi connectivity index (χ2n) is 6.12. The van der Waals surface area contributed by atoms with Gasteiger partial charge in [-0.2, -0.15) is 0 Å². The van der Waals surface area contributed by atoms with Crippen LogP contribution in [0.2, 0.25) is 0 Å². The lowest BCUT2D eigenvalue weighted by Crippen LogP contribution is -2.14. The van der Waals surface area contributed by atoms with E-state index in [9.17, 15) is 4.79 Å². The van der Waals surface area contributed by atoms with Crippen molar-refractivity contribution in [1.29, 1.82) is 0 Å². The van der Waals surface area contributed by atoms with Crippen molar-refractivity contribution in [3.63, 3.8) is 0 Å². The van der Waals surface area contributed by atoms with Gasteiger partial charge in [0.25, 0.3) is 0 Å². The number of carbonyl (C=O) groups excluding carboxylic acids is 1. The summed E-state index contributed by atoms with van der Waals surface area (Å²) in [6, 6.07) is 15.8. The third-order valence-corrected chi connectivity index (χ3v) is 5.83. The number of amides is 1. The van der Waals surface area contributed by atoms with Crippen molar-refractivity contribution in [2.75, 3.05) is 11.1 Å². The number of hydrogen-bond acceptors (Lipinski definition) is 4. The molecule has 0 aliphatic carbocycles. The lowest BCUT2D eigenvalue weighted by molar-refractivity contribution is -0.113. The smallest absolute Gasteiger partial charge is 0.234 e. The predicted molar refractivity (Wildman–Crippen MR) is 114 cm³/mol. The average Bonchev–Trinajstić information content (AvgIpc) is 3.07. The number of nitrogens with zero attached hydrogens (tertiary/aromatic N) is 3.